The third kappa shape index (κ3) is 5.83. The third-order valence-electron chi connectivity index (χ3n) is 4.74. The summed E-state index contributed by atoms with van der Waals surface area (Å²) < 4.78 is 7.73. The summed E-state index contributed by atoms with van der Waals surface area (Å²) in [6, 6.07) is 24.7. The van der Waals surface area contributed by atoms with E-state index in [0.29, 0.717) is 6.61 Å². The third-order valence-corrected chi connectivity index (χ3v) is 5.75. The van der Waals surface area contributed by atoms with Crippen molar-refractivity contribution in [2.75, 3.05) is 0 Å². The van der Waals surface area contributed by atoms with Gasteiger partial charge in [-0.1, -0.05) is 83.6 Å². The van der Waals surface area contributed by atoms with Gasteiger partial charge in [0, 0.05) is 11.3 Å². The zero-order chi connectivity index (χ0) is 21.5. The number of benzene rings is 3. The highest BCUT2D eigenvalue weighted by Crippen LogP contribution is 2.22. The molecule has 0 amide bonds. The average Bonchev–Trinajstić information content (AvgIpc) is 3.25. The van der Waals surface area contributed by atoms with Gasteiger partial charge in [0.15, 0.2) is 0 Å². The Labute approximate surface area is 186 Å². The lowest BCUT2D eigenvalue weighted by molar-refractivity contribution is 0.306. The van der Waals surface area contributed by atoms with Crippen molar-refractivity contribution in [1.82, 2.24) is 14.9 Å². The molecule has 0 spiro atoms. The molecule has 1 aromatic heterocycles. The molecule has 6 heteroatoms. The highest BCUT2D eigenvalue weighted by atomic mass is 32.2. The molecule has 156 valence electrons. The predicted octanol–water partition coefficient (Wildman–Crippen LogP) is 5.65. The van der Waals surface area contributed by atoms with Crippen molar-refractivity contribution >= 4 is 18.0 Å². The summed E-state index contributed by atoms with van der Waals surface area (Å²) in [5.74, 6) is 1.60. The fourth-order valence-corrected chi connectivity index (χ4v) is 3.73. The van der Waals surface area contributed by atoms with Gasteiger partial charge in [-0.2, -0.15) is 9.78 Å². The summed E-state index contributed by atoms with van der Waals surface area (Å²) in [5.41, 5.74) is 5.76. The molecule has 1 heterocycles. The van der Waals surface area contributed by atoms with Crippen LogP contribution >= 0.6 is 11.8 Å². The molecule has 0 bridgehead atoms. The molecule has 0 N–H and O–H groups in total. The fourth-order valence-electron chi connectivity index (χ4n) is 2.91. The van der Waals surface area contributed by atoms with Gasteiger partial charge in [0.1, 0.15) is 18.7 Å². The molecule has 0 saturated heterocycles. The SMILES string of the molecule is Cc1ccc(COc2ccccc2/C=N\n2cnnc2SCc2ccc(C)cc2)cc1. The van der Waals surface area contributed by atoms with Crippen LogP contribution in [0, 0.1) is 13.8 Å². The van der Waals surface area contributed by atoms with Gasteiger partial charge < -0.3 is 4.74 Å². The number of aryl methyl sites for hydroxylation is 2. The first-order chi connectivity index (χ1) is 15.2. The second-order valence-corrected chi connectivity index (χ2v) is 8.23. The number of nitrogens with zero attached hydrogens (tertiary/aromatic N) is 4. The van der Waals surface area contributed by atoms with Gasteiger partial charge in [0.2, 0.25) is 5.16 Å². The van der Waals surface area contributed by atoms with E-state index in [0.717, 1.165) is 27.8 Å². The number of para-hydroxylation sites is 1. The van der Waals surface area contributed by atoms with Crippen molar-refractivity contribution in [1.29, 1.82) is 0 Å². The maximum Gasteiger partial charge on any atom is 0.212 e. The quantitative estimate of drug-likeness (QED) is 0.269. The number of thioether (sulfide) groups is 1. The second kappa shape index (κ2) is 10.1. The van der Waals surface area contributed by atoms with E-state index in [2.05, 4.69) is 77.7 Å². The van der Waals surface area contributed by atoms with E-state index in [1.54, 1.807) is 29.0 Å². The number of rotatable bonds is 8. The largest absolute Gasteiger partial charge is 0.488 e. The van der Waals surface area contributed by atoms with E-state index in [1.807, 2.05) is 24.3 Å². The standard InChI is InChI=1S/C25H24N4OS/c1-19-7-11-21(12-8-19)16-30-24-6-4-3-5-23(24)15-27-29-18-26-28-25(29)31-17-22-13-9-20(2)10-14-22/h3-15,18H,16-17H2,1-2H3/b27-15-. The molecule has 0 saturated carbocycles. The Morgan fingerprint density at radius 3 is 2.32 bits per heavy atom. The van der Waals surface area contributed by atoms with Crippen LogP contribution in [0.2, 0.25) is 0 Å². The van der Waals surface area contributed by atoms with Crippen molar-refractivity contribution in [2.45, 2.75) is 31.4 Å². The molecule has 5 nitrogen and oxygen atoms in total. The molecule has 0 radical (unpaired) electrons. The first kappa shape index (κ1) is 20.9. The summed E-state index contributed by atoms with van der Waals surface area (Å²) in [7, 11) is 0. The summed E-state index contributed by atoms with van der Waals surface area (Å²) in [6.07, 6.45) is 3.40. The van der Waals surface area contributed by atoms with Gasteiger partial charge >= 0.3 is 0 Å². The summed E-state index contributed by atoms with van der Waals surface area (Å²) in [4.78, 5) is 0. The summed E-state index contributed by atoms with van der Waals surface area (Å²) in [6.45, 7) is 4.68. The van der Waals surface area contributed by atoms with E-state index >= 15 is 0 Å². The Hall–Kier alpha value is -3.38. The molecular formula is C25H24N4OS. The number of aromatic nitrogens is 3. The highest BCUT2D eigenvalue weighted by Gasteiger charge is 2.06. The Morgan fingerprint density at radius 1 is 0.903 bits per heavy atom. The van der Waals surface area contributed by atoms with E-state index in [1.165, 1.54) is 16.7 Å². The number of hydrogen-bond donors (Lipinski definition) is 0. The summed E-state index contributed by atoms with van der Waals surface area (Å²) in [5, 5.41) is 13.5. The van der Waals surface area contributed by atoms with Gasteiger partial charge in [0.25, 0.3) is 0 Å². The average molecular weight is 429 g/mol. The van der Waals surface area contributed by atoms with Crippen molar-refractivity contribution in [3.63, 3.8) is 0 Å². The fraction of sp³-hybridized carbons (Fsp3) is 0.160. The van der Waals surface area contributed by atoms with Gasteiger partial charge in [0.05, 0.1) is 6.21 Å². The maximum absolute atomic E-state index is 6.04. The Morgan fingerprint density at radius 2 is 1.58 bits per heavy atom. The Kier molecular flexibility index (Phi) is 6.79. The molecule has 31 heavy (non-hydrogen) atoms. The van der Waals surface area contributed by atoms with Gasteiger partial charge in [-0.05, 0) is 37.1 Å². The Balaban J connectivity index is 1.42. The first-order valence-corrected chi connectivity index (χ1v) is 11.1. The van der Waals surface area contributed by atoms with Crippen molar-refractivity contribution < 1.29 is 4.74 Å². The smallest absolute Gasteiger partial charge is 0.212 e. The van der Waals surface area contributed by atoms with Gasteiger partial charge in [-0.25, -0.2) is 0 Å². The zero-order valence-corrected chi connectivity index (χ0v) is 18.4. The van der Waals surface area contributed by atoms with Crippen LogP contribution in [0.5, 0.6) is 5.75 Å². The predicted molar refractivity (Wildman–Crippen MR) is 126 cm³/mol. The molecule has 4 aromatic rings. The molecule has 0 aliphatic carbocycles. The van der Waals surface area contributed by atoms with E-state index < -0.39 is 0 Å². The van der Waals surface area contributed by atoms with Gasteiger partial charge in [-0.15, -0.1) is 10.2 Å². The molecular weight excluding hydrogens is 404 g/mol. The molecule has 0 atom stereocenters. The van der Waals surface area contributed by atoms with E-state index in [-0.39, 0.29) is 0 Å². The zero-order valence-electron chi connectivity index (χ0n) is 17.6. The van der Waals surface area contributed by atoms with Crippen LogP contribution in [0.1, 0.15) is 27.8 Å². The topological polar surface area (TPSA) is 52.3 Å². The minimum absolute atomic E-state index is 0.509. The highest BCUT2D eigenvalue weighted by molar-refractivity contribution is 7.98. The van der Waals surface area contributed by atoms with Crippen LogP contribution in [-0.4, -0.2) is 21.1 Å². The van der Waals surface area contributed by atoms with E-state index in [9.17, 15) is 0 Å². The molecule has 0 fully saturated rings. The molecule has 4 rings (SSSR count). The second-order valence-electron chi connectivity index (χ2n) is 7.29. The van der Waals surface area contributed by atoms with Crippen molar-refractivity contribution in [3.05, 3.63) is 107 Å². The van der Waals surface area contributed by atoms with E-state index in [4.69, 9.17) is 4.74 Å². The van der Waals surface area contributed by atoms with Crippen molar-refractivity contribution in [2.24, 2.45) is 5.10 Å². The maximum atomic E-state index is 6.04. The van der Waals surface area contributed by atoms with Crippen LogP contribution in [0.25, 0.3) is 0 Å². The molecule has 3 aromatic carbocycles. The molecule has 0 unspecified atom stereocenters. The minimum atomic E-state index is 0.509. The lowest BCUT2D eigenvalue weighted by atomic mass is 10.1. The lowest BCUT2D eigenvalue weighted by Crippen LogP contribution is -1.99. The summed E-state index contributed by atoms with van der Waals surface area (Å²) >= 11 is 1.61. The van der Waals surface area contributed by atoms with Crippen LogP contribution in [0.4, 0.5) is 0 Å². The Bertz CT molecular complexity index is 1150. The van der Waals surface area contributed by atoms with Gasteiger partial charge in [-0.3, -0.25) is 0 Å². The number of hydrogen-bond acceptors (Lipinski definition) is 5. The monoisotopic (exact) mass is 428 g/mol. The minimum Gasteiger partial charge on any atom is -0.488 e. The number of ether oxygens (including phenoxy) is 1. The lowest BCUT2D eigenvalue weighted by Gasteiger charge is -2.09. The van der Waals surface area contributed by atoms with Crippen LogP contribution in [0.3, 0.4) is 0 Å². The normalized spacial score (nSPS) is 11.2. The van der Waals surface area contributed by atoms with Crippen LogP contribution in [0.15, 0.2) is 89.4 Å². The molecule has 0 aliphatic heterocycles. The van der Waals surface area contributed by atoms with Crippen LogP contribution in [-0.2, 0) is 12.4 Å². The van der Waals surface area contributed by atoms with Crippen molar-refractivity contribution in [3.8, 4) is 5.75 Å². The molecule has 0 aliphatic rings. The first-order valence-electron chi connectivity index (χ1n) is 10.1. The van der Waals surface area contributed by atoms with Crippen LogP contribution < -0.4 is 4.74 Å².